The summed E-state index contributed by atoms with van der Waals surface area (Å²) in [5, 5.41) is 5.27. The number of ether oxygens (including phenoxy) is 2. The number of amides is 4. The highest BCUT2D eigenvalue weighted by Crippen LogP contribution is 2.41. The van der Waals surface area contributed by atoms with Gasteiger partial charge in [-0.2, -0.15) is 8.78 Å². The molecule has 0 bridgehead atoms. The van der Waals surface area contributed by atoms with Gasteiger partial charge in [-0.05, 0) is 68.6 Å². The Hall–Kier alpha value is -4.33. The van der Waals surface area contributed by atoms with Crippen LogP contribution in [0.15, 0.2) is 36.4 Å². The summed E-state index contributed by atoms with van der Waals surface area (Å²) < 4.78 is 58.0. The van der Waals surface area contributed by atoms with Crippen molar-refractivity contribution in [3.8, 4) is 11.5 Å². The second kappa shape index (κ2) is 14.7. The average molecular weight is 688 g/mol. The fraction of sp³-hybridized carbons (Fsp3) is 0.543. The summed E-state index contributed by atoms with van der Waals surface area (Å²) in [5.74, 6) is -8.03. The van der Waals surface area contributed by atoms with Crippen LogP contribution < -0.4 is 25.0 Å². The number of nitrogens with one attached hydrogen (secondary N) is 2. The highest BCUT2D eigenvalue weighted by atomic mass is 19.3. The fourth-order valence-corrected chi connectivity index (χ4v) is 6.84. The number of anilines is 1. The molecule has 1 saturated carbocycles. The Morgan fingerprint density at radius 2 is 1.65 bits per heavy atom. The van der Waals surface area contributed by atoms with E-state index < -0.39 is 46.7 Å². The molecule has 1 aliphatic carbocycles. The molecule has 14 heteroatoms. The van der Waals surface area contributed by atoms with Crippen molar-refractivity contribution in [2.45, 2.75) is 82.8 Å². The number of hydrogen-bond donors (Lipinski definition) is 2. The van der Waals surface area contributed by atoms with Crippen molar-refractivity contribution in [1.82, 2.24) is 20.4 Å². The molecule has 11 nitrogen and oxygen atoms in total. The number of hydrogen-bond acceptors (Lipinski definition) is 7. The molecule has 3 aliphatic rings. The van der Waals surface area contributed by atoms with Crippen molar-refractivity contribution >= 4 is 29.3 Å². The van der Waals surface area contributed by atoms with E-state index >= 15 is 13.2 Å². The van der Waals surface area contributed by atoms with Gasteiger partial charge in [0, 0.05) is 51.0 Å². The number of fused-ring (bicyclic) bond motifs is 1. The van der Waals surface area contributed by atoms with E-state index in [1.54, 1.807) is 24.8 Å². The highest BCUT2D eigenvalue weighted by Gasteiger charge is 2.49. The summed E-state index contributed by atoms with van der Waals surface area (Å²) in [6.45, 7) is 6.79. The van der Waals surface area contributed by atoms with Gasteiger partial charge in [-0.15, -0.1) is 0 Å². The molecule has 0 spiro atoms. The third-order valence-corrected chi connectivity index (χ3v) is 9.75. The van der Waals surface area contributed by atoms with E-state index in [9.17, 15) is 19.2 Å². The van der Waals surface area contributed by atoms with Gasteiger partial charge in [0.2, 0.25) is 24.5 Å². The van der Waals surface area contributed by atoms with Crippen LogP contribution >= 0.6 is 0 Å². The molecule has 0 aromatic heterocycles. The fourth-order valence-electron chi connectivity index (χ4n) is 6.84. The van der Waals surface area contributed by atoms with Crippen molar-refractivity contribution in [3.63, 3.8) is 0 Å². The molecule has 2 fully saturated rings. The number of carbonyl (C=O) groups excluding carboxylic acids is 4. The van der Waals surface area contributed by atoms with E-state index in [0.717, 1.165) is 23.5 Å². The summed E-state index contributed by atoms with van der Waals surface area (Å²) >= 11 is 0. The summed E-state index contributed by atoms with van der Waals surface area (Å²) in [5.41, 5.74) is -2.06. The lowest BCUT2D eigenvalue weighted by molar-refractivity contribution is -0.150. The predicted octanol–water partition coefficient (Wildman–Crippen LogP) is 4.25. The van der Waals surface area contributed by atoms with Crippen molar-refractivity contribution < 1.29 is 41.8 Å². The van der Waals surface area contributed by atoms with E-state index in [1.165, 1.54) is 25.1 Å². The van der Waals surface area contributed by atoms with Crippen LogP contribution in [0, 0.1) is 5.82 Å². The second-order valence-corrected chi connectivity index (χ2v) is 13.1. The molecule has 2 heterocycles. The van der Waals surface area contributed by atoms with Gasteiger partial charge in [-0.1, -0.05) is 26.3 Å². The van der Waals surface area contributed by atoms with Crippen LogP contribution in [-0.2, 0) is 25.1 Å². The first-order chi connectivity index (χ1) is 23.3. The van der Waals surface area contributed by atoms with Crippen LogP contribution in [0.25, 0.3) is 0 Å². The molecule has 5 rings (SSSR count). The highest BCUT2D eigenvalue weighted by molar-refractivity contribution is 5.95. The molecule has 2 aromatic carbocycles. The number of carbonyl (C=O) groups is 4. The Morgan fingerprint density at radius 3 is 2.29 bits per heavy atom. The van der Waals surface area contributed by atoms with Gasteiger partial charge in [0.1, 0.15) is 17.5 Å². The number of halogens is 3. The molecule has 4 amide bonds. The van der Waals surface area contributed by atoms with Gasteiger partial charge in [0.05, 0.1) is 5.69 Å². The van der Waals surface area contributed by atoms with Crippen LogP contribution in [0.1, 0.15) is 76.3 Å². The number of likely N-dealkylation sites (N-methyl/N-ethyl adjacent to an activating group) is 1. The number of piperazine rings is 1. The number of alkyl halides is 2. The Balaban J connectivity index is 1.44. The maximum atomic E-state index is 16.2. The molecule has 0 radical (unpaired) electrons. The van der Waals surface area contributed by atoms with E-state index in [4.69, 9.17) is 9.47 Å². The van der Waals surface area contributed by atoms with Crippen molar-refractivity contribution in [3.05, 3.63) is 53.3 Å². The normalized spacial score (nSPS) is 18.7. The Morgan fingerprint density at radius 1 is 0.980 bits per heavy atom. The minimum atomic E-state index is -4.01. The number of rotatable bonds is 10. The molecule has 1 saturated heterocycles. The zero-order chi connectivity index (χ0) is 35.5. The van der Waals surface area contributed by atoms with Gasteiger partial charge in [0.15, 0.2) is 11.5 Å². The van der Waals surface area contributed by atoms with Crippen molar-refractivity contribution in [2.75, 3.05) is 44.9 Å². The van der Waals surface area contributed by atoms with Gasteiger partial charge in [-0.25, -0.2) is 4.39 Å². The van der Waals surface area contributed by atoms with Gasteiger partial charge < -0.3 is 29.9 Å². The molecule has 0 unspecified atom stereocenters. The first kappa shape index (κ1) is 36.0. The van der Waals surface area contributed by atoms with E-state index in [2.05, 4.69) is 15.5 Å². The van der Waals surface area contributed by atoms with Crippen molar-refractivity contribution in [1.29, 1.82) is 0 Å². The smallest absolute Gasteiger partial charge is 0.349 e. The van der Waals surface area contributed by atoms with E-state index in [-0.39, 0.29) is 55.1 Å². The zero-order valence-electron chi connectivity index (χ0n) is 28.3. The molecule has 2 aromatic rings. The topological polar surface area (TPSA) is 121 Å². The maximum absolute atomic E-state index is 16.2. The summed E-state index contributed by atoms with van der Waals surface area (Å²) in [7, 11) is 1.96. The van der Waals surface area contributed by atoms with Crippen LogP contribution in [0.4, 0.5) is 18.9 Å². The van der Waals surface area contributed by atoms with Crippen LogP contribution in [0.2, 0.25) is 0 Å². The van der Waals surface area contributed by atoms with Crippen molar-refractivity contribution in [2.24, 2.45) is 0 Å². The standard InChI is InChI=1S/C35H44F3N5O6/c1-5-30(45)39-31(32(46)42-17-15-41(4)16-18-42)22(2)24-9-11-27(26(36)19-24)43(23(3)44)34(13-7-6-8-14-34)40-33(47)35(37,38)25-10-12-28-29(20-25)49-21-48-28/h9-12,19-20,22,31H,5-8,13-18,21H2,1-4H3,(H,39,45)(H,40,47)/t22-,31+/m0/s1. The lowest BCUT2D eigenvalue weighted by atomic mass is 9.85. The molecule has 49 heavy (non-hydrogen) atoms. The molecular formula is C35H44F3N5O6. The Kier molecular flexibility index (Phi) is 10.8. The van der Waals surface area contributed by atoms with Gasteiger partial charge in [-0.3, -0.25) is 24.1 Å². The minimum Gasteiger partial charge on any atom is -0.454 e. The molecule has 266 valence electrons. The third-order valence-electron chi connectivity index (χ3n) is 9.75. The Labute approximate surface area is 284 Å². The predicted molar refractivity (Wildman–Crippen MR) is 175 cm³/mol. The van der Waals surface area contributed by atoms with Crippen LogP contribution in [0.5, 0.6) is 11.5 Å². The Bertz CT molecular complexity index is 1570. The summed E-state index contributed by atoms with van der Waals surface area (Å²) in [6, 6.07) is 6.56. The van der Waals surface area contributed by atoms with Crippen LogP contribution in [0.3, 0.4) is 0 Å². The minimum absolute atomic E-state index is 0.0841. The quantitative estimate of drug-likeness (QED) is 0.359. The molecular weight excluding hydrogens is 643 g/mol. The average Bonchev–Trinajstić information content (AvgIpc) is 3.56. The molecule has 2 N–H and O–H groups in total. The molecule has 2 aliphatic heterocycles. The monoisotopic (exact) mass is 687 g/mol. The van der Waals surface area contributed by atoms with E-state index in [0.29, 0.717) is 44.6 Å². The summed E-state index contributed by atoms with van der Waals surface area (Å²) in [6.07, 6.45) is 2.15. The van der Waals surface area contributed by atoms with Gasteiger partial charge in [0.25, 0.3) is 5.91 Å². The number of benzene rings is 2. The largest absolute Gasteiger partial charge is 0.454 e. The summed E-state index contributed by atoms with van der Waals surface area (Å²) in [4.78, 5) is 57.7. The molecule has 2 atom stereocenters. The lowest BCUT2D eigenvalue weighted by Gasteiger charge is -2.47. The zero-order valence-corrected chi connectivity index (χ0v) is 28.3. The first-order valence-corrected chi connectivity index (χ1v) is 16.7. The van der Waals surface area contributed by atoms with E-state index in [1.807, 2.05) is 7.05 Å². The SMILES string of the molecule is CCC(=O)N[C@@H](C(=O)N1CCN(C)CC1)[C@@H](C)c1ccc(N(C(C)=O)C2(NC(=O)C(F)(F)c3ccc4c(c3)OCO4)CCCCC2)c(F)c1. The lowest BCUT2D eigenvalue weighted by Crippen LogP contribution is -2.65. The maximum Gasteiger partial charge on any atom is 0.349 e. The first-order valence-electron chi connectivity index (χ1n) is 16.7. The van der Waals surface area contributed by atoms with Crippen LogP contribution in [-0.4, -0.2) is 85.2 Å². The van der Waals surface area contributed by atoms with Gasteiger partial charge >= 0.3 is 5.92 Å². The number of nitrogens with zero attached hydrogens (tertiary/aromatic N) is 3. The second-order valence-electron chi connectivity index (χ2n) is 13.1. The third kappa shape index (κ3) is 7.48.